The lowest BCUT2D eigenvalue weighted by Crippen LogP contribution is -2.43. The van der Waals surface area contributed by atoms with Gasteiger partial charge in [0.1, 0.15) is 12.7 Å². The first kappa shape index (κ1) is 50.2. The number of rotatable bonds is 39. The summed E-state index contributed by atoms with van der Waals surface area (Å²) in [6.07, 6.45) is 33.8. The highest BCUT2D eigenvalue weighted by atomic mass is 31.2. The molecule has 3 unspecified atom stereocenters. The van der Waals surface area contributed by atoms with Gasteiger partial charge in [-0.3, -0.25) is 18.6 Å². The fraction of sp³-hybridized carbons (Fsp3) is 0.875. The molecule has 52 heavy (non-hydrogen) atoms. The average molecular weight is 762 g/mol. The monoisotopic (exact) mass is 762 g/mol. The van der Waals surface area contributed by atoms with E-state index in [4.69, 9.17) is 13.8 Å². The predicted molar refractivity (Wildman–Crippen MR) is 208 cm³/mol. The van der Waals surface area contributed by atoms with E-state index in [1.165, 1.54) is 96.3 Å². The van der Waals surface area contributed by atoms with Crippen molar-refractivity contribution in [3.8, 4) is 0 Å². The fourth-order valence-electron chi connectivity index (χ4n) is 5.78. The number of aliphatic hydroxyl groups is 1. The molecule has 0 aromatic carbocycles. The lowest BCUT2D eigenvalue weighted by atomic mass is 10.0. The minimum absolute atomic E-state index is 0.138. The fourth-order valence-corrected chi connectivity index (χ4v) is 6.55. The number of carboxylic acids is 1. The van der Waals surface area contributed by atoms with Gasteiger partial charge in [-0.25, -0.2) is 9.36 Å². The summed E-state index contributed by atoms with van der Waals surface area (Å²) < 4.78 is 26.8. The minimum atomic E-state index is -4.75. The highest BCUT2D eigenvalue weighted by Gasteiger charge is 2.28. The van der Waals surface area contributed by atoms with Crippen molar-refractivity contribution in [3.63, 3.8) is 0 Å². The van der Waals surface area contributed by atoms with E-state index < -0.39 is 57.6 Å². The molecule has 0 fully saturated rings. The molecule has 0 aromatic rings. The molecule has 0 bridgehead atoms. The van der Waals surface area contributed by atoms with Gasteiger partial charge in [-0.2, -0.15) is 0 Å². The van der Waals surface area contributed by atoms with Crippen molar-refractivity contribution in [3.05, 3.63) is 12.2 Å². The number of aliphatic hydroxyl groups excluding tert-OH is 1. The van der Waals surface area contributed by atoms with Gasteiger partial charge >= 0.3 is 19.8 Å². The Morgan fingerprint density at radius 3 is 1.48 bits per heavy atom. The van der Waals surface area contributed by atoms with Crippen LogP contribution in [-0.2, 0) is 32.7 Å². The van der Waals surface area contributed by atoms with Gasteiger partial charge in [-0.15, -0.1) is 0 Å². The molecule has 11 nitrogen and oxygen atoms in total. The Kier molecular flexibility index (Phi) is 35.0. The molecule has 0 spiro atoms. The third kappa shape index (κ3) is 35.3. The molecule has 3 atom stereocenters. The van der Waals surface area contributed by atoms with Crippen molar-refractivity contribution < 1.29 is 47.8 Å². The highest BCUT2D eigenvalue weighted by Crippen LogP contribution is 2.43. The summed E-state index contributed by atoms with van der Waals surface area (Å²) in [6.45, 7) is 2.57. The van der Waals surface area contributed by atoms with Crippen molar-refractivity contribution in [1.29, 1.82) is 0 Å². The van der Waals surface area contributed by atoms with Crippen molar-refractivity contribution in [2.24, 2.45) is 0 Å². The number of carbonyl (C=O) groups is 3. The lowest BCUT2D eigenvalue weighted by Gasteiger charge is -2.18. The maximum atomic E-state index is 12.3. The molecule has 306 valence electrons. The summed E-state index contributed by atoms with van der Waals surface area (Å²) in [5, 5.41) is 21.8. The van der Waals surface area contributed by atoms with Gasteiger partial charge in [-0.05, 0) is 38.5 Å². The number of allylic oxidation sites excluding steroid dienone is 2. The molecule has 0 radical (unpaired) electrons. The van der Waals surface area contributed by atoms with Crippen LogP contribution in [-0.4, -0.2) is 64.9 Å². The van der Waals surface area contributed by atoms with Crippen LogP contribution < -0.4 is 5.32 Å². The Labute approximate surface area is 316 Å². The zero-order valence-electron chi connectivity index (χ0n) is 32.9. The van der Waals surface area contributed by atoms with Crippen LogP contribution in [0.5, 0.6) is 0 Å². The molecular formula is C40H76NO10P. The molecule has 0 aromatic heterocycles. The first-order valence-electron chi connectivity index (χ1n) is 20.7. The minimum Gasteiger partial charge on any atom is -0.480 e. The number of unbranched alkanes of at least 4 members (excludes halogenated alkanes) is 23. The van der Waals surface area contributed by atoms with Crippen LogP contribution in [0.2, 0.25) is 0 Å². The zero-order chi connectivity index (χ0) is 38.5. The summed E-state index contributed by atoms with van der Waals surface area (Å²) in [5.41, 5.74) is 0. The summed E-state index contributed by atoms with van der Waals surface area (Å²) in [7, 11) is -4.75. The first-order valence-corrected chi connectivity index (χ1v) is 22.2. The van der Waals surface area contributed by atoms with Crippen LogP contribution in [0.25, 0.3) is 0 Å². The Morgan fingerprint density at radius 2 is 1.00 bits per heavy atom. The number of amides is 1. The average Bonchev–Trinajstić information content (AvgIpc) is 3.11. The van der Waals surface area contributed by atoms with E-state index in [-0.39, 0.29) is 12.8 Å². The quantitative estimate of drug-likeness (QED) is 0.0205. The highest BCUT2D eigenvalue weighted by molar-refractivity contribution is 7.47. The van der Waals surface area contributed by atoms with Crippen LogP contribution >= 0.6 is 7.82 Å². The van der Waals surface area contributed by atoms with Crippen molar-refractivity contribution in [2.45, 2.75) is 206 Å². The summed E-state index contributed by atoms with van der Waals surface area (Å²) >= 11 is 0. The summed E-state index contributed by atoms with van der Waals surface area (Å²) in [6, 6.07) is -1.55. The standard InChI is InChI=1S/C40H76NO10P/c1-3-5-7-9-11-13-15-17-18-20-22-24-26-28-30-32-39(44)49-33-36(42)34-50-52(47,48)51-35-37(40(45)46)41-38(43)31-29-27-25-23-21-19-16-14-12-10-8-6-4-2/h14,16,36-37,42H,3-13,15,17-35H2,1-2H3,(H,41,43)(H,45,46)(H,47,48)/b16-14-. The molecule has 12 heteroatoms. The van der Waals surface area contributed by atoms with E-state index in [9.17, 15) is 34.1 Å². The number of carbonyl (C=O) groups excluding carboxylic acids is 2. The van der Waals surface area contributed by atoms with E-state index >= 15 is 0 Å². The smallest absolute Gasteiger partial charge is 0.472 e. The normalized spacial score (nSPS) is 13.9. The second-order valence-corrected chi connectivity index (χ2v) is 15.6. The van der Waals surface area contributed by atoms with Gasteiger partial charge in [0.2, 0.25) is 5.91 Å². The molecule has 0 aliphatic heterocycles. The number of carboxylic acid groups (broad SMARTS) is 1. The van der Waals surface area contributed by atoms with Gasteiger partial charge in [0, 0.05) is 12.8 Å². The molecule has 0 rings (SSSR count). The van der Waals surface area contributed by atoms with Crippen LogP contribution in [0.15, 0.2) is 12.2 Å². The molecule has 0 aliphatic carbocycles. The van der Waals surface area contributed by atoms with Gasteiger partial charge < -0.3 is 25.2 Å². The molecule has 4 N–H and O–H groups in total. The molecule has 0 saturated carbocycles. The topological polar surface area (TPSA) is 169 Å². The van der Waals surface area contributed by atoms with Crippen molar-refractivity contribution in [2.75, 3.05) is 19.8 Å². The Balaban J connectivity index is 3.91. The number of ether oxygens (including phenoxy) is 1. The summed E-state index contributed by atoms with van der Waals surface area (Å²) in [5.74, 6) is -2.38. The van der Waals surface area contributed by atoms with E-state index in [1.807, 2.05) is 0 Å². The molecule has 0 aliphatic rings. The third-order valence-corrected chi connectivity index (χ3v) is 10.0. The van der Waals surface area contributed by atoms with E-state index in [2.05, 4.69) is 31.3 Å². The molecule has 0 saturated heterocycles. The largest absolute Gasteiger partial charge is 0.480 e. The van der Waals surface area contributed by atoms with E-state index in [0.717, 1.165) is 57.8 Å². The van der Waals surface area contributed by atoms with E-state index in [0.29, 0.717) is 12.8 Å². The lowest BCUT2D eigenvalue weighted by molar-refractivity contribution is -0.147. The predicted octanol–water partition coefficient (Wildman–Crippen LogP) is 10.1. The van der Waals surface area contributed by atoms with Crippen LogP contribution in [0.3, 0.4) is 0 Å². The number of nitrogens with one attached hydrogen (secondary N) is 1. The van der Waals surface area contributed by atoms with Crippen LogP contribution in [0.4, 0.5) is 0 Å². The maximum Gasteiger partial charge on any atom is 0.472 e. The number of phosphoric acid groups is 1. The van der Waals surface area contributed by atoms with Gasteiger partial charge in [-0.1, -0.05) is 154 Å². The van der Waals surface area contributed by atoms with E-state index in [1.54, 1.807) is 0 Å². The van der Waals surface area contributed by atoms with Crippen molar-refractivity contribution >= 4 is 25.7 Å². The SMILES string of the molecule is CCCCCC/C=C\CCCCCCCC(=O)NC(COP(=O)(O)OCC(O)COC(=O)CCCCCCCCCCCCCCCCC)C(=O)O. The van der Waals surface area contributed by atoms with Crippen LogP contribution in [0, 0.1) is 0 Å². The Hall–Kier alpha value is -1.78. The molecule has 1 amide bonds. The second-order valence-electron chi connectivity index (χ2n) is 14.2. The van der Waals surface area contributed by atoms with Crippen LogP contribution in [0.1, 0.15) is 194 Å². The molecule has 0 heterocycles. The first-order chi connectivity index (χ1) is 25.1. The van der Waals surface area contributed by atoms with Gasteiger partial charge in [0.25, 0.3) is 0 Å². The van der Waals surface area contributed by atoms with Gasteiger partial charge in [0.05, 0.1) is 13.2 Å². The number of phosphoric ester groups is 1. The number of hydrogen-bond donors (Lipinski definition) is 4. The number of esters is 1. The number of hydrogen-bond acceptors (Lipinski definition) is 8. The summed E-state index contributed by atoms with van der Waals surface area (Å²) in [4.78, 5) is 45.8. The Bertz CT molecular complexity index is 947. The second kappa shape index (κ2) is 36.2. The Morgan fingerprint density at radius 1 is 0.596 bits per heavy atom. The van der Waals surface area contributed by atoms with Gasteiger partial charge in [0.15, 0.2) is 6.04 Å². The number of aliphatic carboxylic acids is 1. The van der Waals surface area contributed by atoms with Crippen molar-refractivity contribution in [1.82, 2.24) is 5.32 Å². The zero-order valence-corrected chi connectivity index (χ0v) is 33.8. The third-order valence-electron chi connectivity index (χ3n) is 9.05. The molecular weight excluding hydrogens is 685 g/mol. The maximum absolute atomic E-state index is 12.3.